The lowest BCUT2D eigenvalue weighted by Crippen LogP contribution is -2.42. The Morgan fingerprint density at radius 1 is 1.50 bits per heavy atom. The van der Waals surface area contributed by atoms with Crippen molar-refractivity contribution in [2.45, 2.75) is 19.9 Å². The second kappa shape index (κ2) is 6.33. The van der Waals surface area contributed by atoms with Crippen LogP contribution >= 0.6 is 11.3 Å². The van der Waals surface area contributed by atoms with Gasteiger partial charge in [0.25, 0.3) is 5.91 Å². The number of hydrogen-bond donors (Lipinski definition) is 2. The number of amides is 3. The number of rotatable bonds is 4. The molecule has 6 nitrogen and oxygen atoms in total. The van der Waals surface area contributed by atoms with Crippen LogP contribution in [0, 0.1) is 0 Å². The number of imide groups is 1. The summed E-state index contributed by atoms with van der Waals surface area (Å²) in [5.74, 6) is 0.352. The van der Waals surface area contributed by atoms with E-state index < -0.39 is 12.1 Å². The molecule has 2 heterocycles. The minimum atomic E-state index is -0.516. The molecule has 3 amide bonds. The molecule has 0 spiro atoms. The fraction of sp³-hybridized carbons (Fsp3) is 0.308. The largest absolute Gasteiger partial charge is 0.338 e. The van der Waals surface area contributed by atoms with E-state index >= 15 is 0 Å². The summed E-state index contributed by atoms with van der Waals surface area (Å²) in [5.41, 5.74) is 0. The first-order valence-electron chi connectivity index (χ1n) is 6.29. The fourth-order valence-electron chi connectivity index (χ4n) is 1.77. The Morgan fingerprint density at radius 3 is 2.95 bits per heavy atom. The van der Waals surface area contributed by atoms with E-state index in [1.165, 1.54) is 0 Å². The molecule has 2 rings (SSSR count). The van der Waals surface area contributed by atoms with Crippen molar-refractivity contribution in [1.82, 2.24) is 20.2 Å². The van der Waals surface area contributed by atoms with E-state index in [0.717, 1.165) is 10.7 Å². The van der Waals surface area contributed by atoms with Crippen molar-refractivity contribution in [2.24, 2.45) is 0 Å². The highest BCUT2D eigenvalue weighted by Crippen LogP contribution is 2.25. The van der Waals surface area contributed by atoms with Gasteiger partial charge in [0.15, 0.2) is 5.82 Å². The summed E-state index contributed by atoms with van der Waals surface area (Å²) in [6, 6.07) is 2.87. The molecule has 0 saturated heterocycles. The topological polar surface area (TPSA) is 76.0 Å². The van der Waals surface area contributed by atoms with Crippen LogP contribution in [-0.2, 0) is 4.79 Å². The van der Waals surface area contributed by atoms with Gasteiger partial charge in [-0.1, -0.05) is 6.07 Å². The first-order valence-corrected chi connectivity index (χ1v) is 7.16. The number of imidazole rings is 1. The van der Waals surface area contributed by atoms with Crippen LogP contribution in [0.15, 0.2) is 29.9 Å². The minimum Gasteiger partial charge on any atom is -0.338 e. The van der Waals surface area contributed by atoms with Crippen molar-refractivity contribution in [3.05, 3.63) is 29.9 Å². The smallest absolute Gasteiger partial charge is 0.321 e. The maximum atomic E-state index is 12.0. The van der Waals surface area contributed by atoms with Crippen LogP contribution in [0.4, 0.5) is 4.79 Å². The number of nitrogens with zero attached hydrogens (tertiary/aromatic N) is 2. The molecular formula is C13H16N4O2S. The van der Waals surface area contributed by atoms with Gasteiger partial charge in [0.05, 0.1) is 4.88 Å². The molecule has 2 aromatic heterocycles. The molecular weight excluding hydrogens is 276 g/mol. The van der Waals surface area contributed by atoms with E-state index in [9.17, 15) is 9.59 Å². The van der Waals surface area contributed by atoms with E-state index in [1.807, 2.05) is 17.5 Å². The van der Waals surface area contributed by atoms with Gasteiger partial charge < -0.3 is 9.88 Å². The second-order valence-electron chi connectivity index (χ2n) is 4.16. The zero-order valence-corrected chi connectivity index (χ0v) is 12.1. The van der Waals surface area contributed by atoms with Crippen LogP contribution in [-0.4, -0.2) is 28.0 Å². The Morgan fingerprint density at radius 2 is 2.30 bits per heavy atom. The molecule has 2 aromatic rings. The highest BCUT2D eigenvalue weighted by molar-refractivity contribution is 7.13. The monoisotopic (exact) mass is 292 g/mol. The minimum absolute atomic E-state index is 0.369. The van der Waals surface area contributed by atoms with E-state index in [-0.39, 0.29) is 5.91 Å². The van der Waals surface area contributed by atoms with Crippen LogP contribution in [0.1, 0.15) is 19.9 Å². The number of carbonyl (C=O) groups is 2. The number of aromatic nitrogens is 2. The van der Waals surface area contributed by atoms with Crippen LogP contribution in [0.5, 0.6) is 0 Å². The molecule has 106 valence electrons. The van der Waals surface area contributed by atoms with Gasteiger partial charge in [0.1, 0.15) is 6.04 Å². The number of hydrogen-bond acceptors (Lipinski definition) is 4. The van der Waals surface area contributed by atoms with Crippen molar-refractivity contribution in [3.8, 4) is 10.7 Å². The molecule has 0 radical (unpaired) electrons. The highest BCUT2D eigenvalue weighted by atomic mass is 32.1. The Kier molecular flexibility index (Phi) is 4.52. The van der Waals surface area contributed by atoms with Crippen LogP contribution in [0.25, 0.3) is 10.7 Å². The fourth-order valence-corrected chi connectivity index (χ4v) is 2.49. The number of carbonyl (C=O) groups excluding carboxylic acids is 2. The zero-order valence-electron chi connectivity index (χ0n) is 11.3. The van der Waals surface area contributed by atoms with Gasteiger partial charge in [-0.15, -0.1) is 11.3 Å². The molecule has 1 atom stereocenters. The summed E-state index contributed by atoms with van der Waals surface area (Å²) in [5, 5.41) is 6.78. The Labute approximate surface area is 120 Å². The van der Waals surface area contributed by atoms with Crippen LogP contribution < -0.4 is 10.6 Å². The predicted molar refractivity (Wildman–Crippen MR) is 77.5 cm³/mol. The van der Waals surface area contributed by atoms with E-state index in [1.54, 1.807) is 42.1 Å². The Bertz CT molecular complexity index is 591. The number of thiophene rings is 1. The summed E-state index contributed by atoms with van der Waals surface area (Å²) in [6.45, 7) is 3.99. The number of nitrogens with one attached hydrogen (secondary N) is 2. The molecule has 0 fully saturated rings. The lowest BCUT2D eigenvalue weighted by molar-refractivity contribution is -0.122. The van der Waals surface area contributed by atoms with Crippen LogP contribution in [0.2, 0.25) is 0 Å². The standard InChI is InChI=1S/C13H16N4O2S/c1-3-14-13(19)16-12(18)9(2)17-7-6-15-11(17)10-5-4-8-20-10/h4-9H,3H2,1-2H3,(H2,14,16,18,19). The normalized spacial score (nSPS) is 11.9. The summed E-state index contributed by atoms with van der Waals surface area (Å²) in [7, 11) is 0. The molecule has 7 heteroatoms. The third-order valence-corrected chi connectivity index (χ3v) is 3.65. The Balaban J connectivity index is 2.14. The lowest BCUT2D eigenvalue weighted by atomic mass is 10.3. The van der Waals surface area contributed by atoms with E-state index in [2.05, 4.69) is 15.6 Å². The summed E-state index contributed by atoms with van der Waals surface area (Å²) < 4.78 is 1.75. The average molecular weight is 292 g/mol. The quantitative estimate of drug-likeness (QED) is 0.905. The lowest BCUT2D eigenvalue weighted by Gasteiger charge is -2.15. The van der Waals surface area contributed by atoms with Crippen molar-refractivity contribution >= 4 is 23.3 Å². The zero-order chi connectivity index (χ0) is 14.5. The van der Waals surface area contributed by atoms with Crippen LogP contribution in [0.3, 0.4) is 0 Å². The van der Waals surface area contributed by atoms with E-state index in [0.29, 0.717) is 6.54 Å². The molecule has 0 aliphatic heterocycles. The van der Waals surface area contributed by atoms with Gasteiger partial charge in [-0.05, 0) is 25.3 Å². The van der Waals surface area contributed by atoms with Gasteiger partial charge in [-0.2, -0.15) is 0 Å². The van der Waals surface area contributed by atoms with Crippen molar-refractivity contribution in [3.63, 3.8) is 0 Å². The third kappa shape index (κ3) is 3.05. The first kappa shape index (κ1) is 14.3. The van der Waals surface area contributed by atoms with Gasteiger partial charge in [0, 0.05) is 18.9 Å². The van der Waals surface area contributed by atoms with Crippen molar-refractivity contribution in [1.29, 1.82) is 0 Å². The third-order valence-electron chi connectivity index (χ3n) is 2.78. The first-order chi connectivity index (χ1) is 9.63. The molecule has 1 unspecified atom stereocenters. The summed E-state index contributed by atoms with van der Waals surface area (Å²) in [6.07, 6.45) is 3.38. The molecule has 0 aliphatic carbocycles. The SMILES string of the molecule is CCNC(=O)NC(=O)C(C)n1ccnc1-c1cccs1. The second-order valence-corrected chi connectivity index (χ2v) is 5.11. The molecule has 0 bridgehead atoms. The van der Waals surface area contributed by atoms with Gasteiger partial charge in [-0.25, -0.2) is 9.78 Å². The van der Waals surface area contributed by atoms with Gasteiger partial charge >= 0.3 is 6.03 Å². The van der Waals surface area contributed by atoms with Crippen molar-refractivity contribution < 1.29 is 9.59 Å². The van der Waals surface area contributed by atoms with Crippen molar-refractivity contribution in [2.75, 3.05) is 6.54 Å². The maximum absolute atomic E-state index is 12.0. The summed E-state index contributed by atoms with van der Waals surface area (Å²) in [4.78, 5) is 28.7. The molecule has 0 aromatic carbocycles. The average Bonchev–Trinajstić information content (AvgIpc) is 3.08. The van der Waals surface area contributed by atoms with Gasteiger partial charge in [0.2, 0.25) is 0 Å². The predicted octanol–water partition coefficient (Wildman–Crippen LogP) is 2.02. The molecule has 0 saturated carbocycles. The molecule has 2 N–H and O–H groups in total. The maximum Gasteiger partial charge on any atom is 0.321 e. The summed E-state index contributed by atoms with van der Waals surface area (Å²) >= 11 is 1.55. The molecule has 20 heavy (non-hydrogen) atoms. The highest BCUT2D eigenvalue weighted by Gasteiger charge is 2.20. The van der Waals surface area contributed by atoms with E-state index in [4.69, 9.17) is 0 Å². The Hall–Kier alpha value is -2.15. The van der Waals surface area contributed by atoms with Gasteiger partial charge in [-0.3, -0.25) is 10.1 Å². The molecule has 0 aliphatic rings. The number of urea groups is 1.